The first-order chi connectivity index (χ1) is 17.1. The SMILES string of the molecule is [CH2]C#Cc1ccc2c(c1)c(C)c(-c1ccc(C)cc1)n2Cc1ccc(OCCNCCCC)cc1. The standard InChI is InChI=1S/C32H35N2O/c1-5-7-19-33-20-21-35-29-16-11-27(12-17-29)23-34-31-18-13-26(8-6-2)22-30(31)25(4)32(34)28-14-9-24(3)10-15-28/h9-18,22,33H,2,5,7,19-21,23H2,1,3-4H3. The van der Waals surface area contributed by atoms with Gasteiger partial charge in [-0.15, -0.1) is 0 Å². The Kier molecular flexibility index (Phi) is 8.29. The summed E-state index contributed by atoms with van der Waals surface area (Å²) in [6.45, 7) is 13.6. The van der Waals surface area contributed by atoms with Crippen molar-refractivity contribution >= 4 is 10.9 Å². The van der Waals surface area contributed by atoms with Crippen LogP contribution in [-0.2, 0) is 6.54 Å². The Labute approximate surface area is 210 Å². The van der Waals surface area contributed by atoms with E-state index in [0.29, 0.717) is 6.61 Å². The summed E-state index contributed by atoms with van der Waals surface area (Å²) in [6, 6.07) is 23.7. The van der Waals surface area contributed by atoms with Gasteiger partial charge in [0.1, 0.15) is 12.4 Å². The van der Waals surface area contributed by atoms with Crippen LogP contribution in [0.25, 0.3) is 22.2 Å². The summed E-state index contributed by atoms with van der Waals surface area (Å²) in [5.41, 5.74) is 8.46. The van der Waals surface area contributed by atoms with Crippen molar-refractivity contribution in [2.75, 3.05) is 19.7 Å². The predicted molar refractivity (Wildman–Crippen MR) is 148 cm³/mol. The highest BCUT2D eigenvalue weighted by Gasteiger charge is 2.16. The Morgan fingerprint density at radius 3 is 2.43 bits per heavy atom. The number of fused-ring (bicyclic) bond motifs is 1. The molecule has 0 aliphatic carbocycles. The lowest BCUT2D eigenvalue weighted by Gasteiger charge is -2.13. The first-order valence-electron chi connectivity index (χ1n) is 12.5. The van der Waals surface area contributed by atoms with Gasteiger partial charge in [-0.25, -0.2) is 0 Å². The molecule has 179 valence electrons. The van der Waals surface area contributed by atoms with E-state index in [4.69, 9.17) is 4.74 Å². The van der Waals surface area contributed by atoms with Crippen LogP contribution in [0.1, 0.15) is 42.0 Å². The Morgan fingerprint density at radius 1 is 0.943 bits per heavy atom. The van der Waals surface area contributed by atoms with Crippen LogP contribution in [0.5, 0.6) is 5.75 Å². The van der Waals surface area contributed by atoms with Crippen LogP contribution in [0, 0.1) is 32.6 Å². The maximum atomic E-state index is 5.92. The topological polar surface area (TPSA) is 26.2 Å². The van der Waals surface area contributed by atoms with Gasteiger partial charge in [0.2, 0.25) is 0 Å². The average molecular weight is 464 g/mol. The fourth-order valence-corrected chi connectivity index (χ4v) is 4.49. The van der Waals surface area contributed by atoms with Gasteiger partial charge in [-0.05, 0) is 73.8 Å². The molecule has 1 radical (unpaired) electrons. The number of nitrogens with zero attached hydrogens (tertiary/aromatic N) is 1. The van der Waals surface area contributed by atoms with Crippen molar-refractivity contribution in [2.45, 2.75) is 40.2 Å². The highest BCUT2D eigenvalue weighted by atomic mass is 16.5. The van der Waals surface area contributed by atoms with Crippen LogP contribution in [0.4, 0.5) is 0 Å². The molecule has 0 aliphatic rings. The Bertz CT molecular complexity index is 1320. The van der Waals surface area contributed by atoms with Gasteiger partial charge in [0.15, 0.2) is 0 Å². The molecule has 0 spiro atoms. The highest BCUT2D eigenvalue weighted by molar-refractivity contribution is 5.92. The molecule has 0 fully saturated rings. The van der Waals surface area contributed by atoms with Crippen molar-refractivity contribution in [3.05, 3.63) is 95.9 Å². The molecule has 0 unspecified atom stereocenters. The fraction of sp³-hybridized carbons (Fsp3) is 0.281. The van der Waals surface area contributed by atoms with E-state index in [1.165, 1.54) is 51.7 Å². The lowest BCUT2D eigenvalue weighted by atomic mass is 10.0. The minimum absolute atomic E-state index is 0.681. The average Bonchev–Trinajstić information content (AvgIpc) is 3.14. The Hall–Kier alpha value is -3.48. The third kappa shape index (κ3) is 5.96. The molecule has 35 heavy (non-hydrogen) atoms. The van der Waals surface area contributed by atoms with Crippen LogP contribution >= 0.6 is 0 Å². The van der Waals surface area contributed by atoms with E-state index in [0.717, 1.165) is 30.9 Å². The molecule has 1 aromatic heterocycles. The van der Waals surface area contributed by atoms with Crippen LogP contribution < -0.4 is 10.1 Å². The normalized spacial score (nSPS) is 10.9. The van der Waals surface area contributed by atoms with Crippen molar-refractivity contribution in [3.63, 3.8) is 0 Å². The minimum atomic E-state index is 0.681. The van der Waals surface area contributed by atoms with Crippen molar-refractivity contribution < 1.29 is 4.74 Å². The number of rotatable bonds is 10. The van der Waals surface area contributed by atoms with E-state index in [1.807, 2.05) is 0 Å². The first kappa shape index (κ1) is 24.6. The summed E-state index contributed by atoms with van der Waals surface area (Å²) >= 11 is 0. The maximum absolute atomic E-state index is 5.92. The molecule has 1 N–H and O–H groups in total. The van der Waals surface area contributed by atoms with Gasteiger partial charge >= 0.3 is 0 Å². The van der Waals surface area contributed by atoms with Crippen molar-refractivity contribution in [1.82, 2.24) is 9.88 Å². The zero-order valence-electron chi connectivity index (χ0n) is 21.2. The summed E-state index contributed by atoms with van der Waals surface area (Å²) in [6.07, 6.45) is 2.42. The number of benzene rings is 3. The molecule has 1 heterocycles. The lowest BCUT2D eigenvalue weighted by molar-refractivity contribution is 0.313. The number of unbranched alkanes of at least 4 members (excludes halogenated alkanes) is 1. The molecule has 4 rings (SSSR count). The van der Waals surface area contributed by atoms with Gasteiger partial charge in [-0.1, -0.05) is 67.1 Å². The monoisotopic (exact) mass is 463 g/mol. The molecular weight excluding hydrogens is 428 g/mol. The van der Waals surface area contributed by atoms with Crippen LogP contribution in [0.2, 0.25) is 0 Å². The van der Waals surface area contributed by atoms with Crippen LogP contribution in [0.3, 0.4) is 0 Å². The Morgan fingerprint density at radius 2 is 1.71 bits per heavy atom. The first-order valence-corrected chi connectivity index (χ1v) is 12.5. The van der Waals surface area contributed by atoms with E-state index in [-0.39, 0.29) is 0 Å². The second-order valence-corrected chi connectivity index (χ2v) is 9.06. The van der Waals surface area contributed by atoms with Gasteiger partial charge in [0, 0.05) is 36.5 Å². The molecule has 3 heteroatoms. The maximum Gasteiger partial charge on any atom is 0.119 e. The molecule has 0 atom stereocenters. The number of hydrogen-bond acceptors (Lipinski definition) is 2. The van der Waals surface area contributed by atoms with E-state index < -0.39 is 0 Å². The molecular formula is C32H35N2O. The largest absolute Gasteiger partial charge is 0.492 e. The molecule has 0 bridgehead atoms. The molecule has 0 amide bonds. The molecule has 3 aromatic carbocycles. The zero-order chi connectivity index (χ0) is 24.6. The summed E-state index contributed by atoms with van der Waals surface area (Å²) in [5, 5.41) is 4.65. The predicted octanol–water partition coefficient (Wildman–Crippen LogP) is 6.93. The second-order valence-electron chi connectivity index (χ2n) is 9.06. The van der Waals surface area contributed by atoms with Crippen molar-refractivity contribution in [2.24, 2.45) is 0 Å². The van der Waals surface area contributed by atoms with Gasteiger partial charge in [0.25, 0.3) is 0 Å². The summed E-state index contributed by atoms with van der Waals surface area (Å²) < 4.78 is 8.34. The number of ether oxygens (including phenoxy) is 1. The van der Waals surface area contributed by atoms with Gasteiger partial charge < -0.3 is 14.6 Å². The van der Waals surface area contributed by atoms with E-state index in [9.17, 15) is 0 Å². The lowest BCUT2D eigenvalue weighted by Crippen LogP contribution is -2.21. The summed E-state index contributed by atoms with van der Waals surface area (Å²) in [7, 11) is 0. The third-order valence-electron chi connectivity index (χ3n) is 6.39. The number of hydrogen-bond donors (Lipinski definition) is 1. The minimum Gasteiger partial charge on any atom is -0.492 e. The molecule has 4 aromatic rings. The molecule has 0 saturated carbocycles. The van der Waals surface area contributed by atoms with Gasteiger partial charge in [-0.2, -0.15) is 0 Å². The summed E-state index contributed by atoms with van der Waals surface area (Å²) in [5.74, 6) is 6.79. The molecule has 3 nitrogen and oxygen atoms in total. The van der Waals surface area contributed by atoms with E-state index in [1.54, 1.807) is 0 Å². The number of aryl methyl sites for hydroxylation is 2. The summed E-state index contributed by atoms with van der Waals surface area (Å²) in [4.78, 5) is 0. The van der Waals surface area contributed by atoms with E-state index in [2.05, 4.69) is 116 Å². The number of aromatic nitrogens is 1. The van der Waals surface area contributed by atoms with Crippen molar-refractivity contribution in [1.29, 1.82) is 0 Å². The van der Waals surface area contributed by atoms with E-state index >= 15 is 0 Å². The molecule has 0 aliphatic heterocycles. The van der Waals surface area contributed by atoms with Gasteiger partial charge in [-0.3, -0.25) is 0 Å². The van der Waals surface area contributed by atoms with Crippen LogP contribution in [-0.4, -0.2) is 24.3 Å². The van der Waals surface area contributed by atoms with Crippen molar-refractivity contribution in [3.8, 4) is 28.8 Å². The second kappa shape index (κ2) is 11.8. The van der Waals surface area contributed by atoms with Gasteiger partial charge in [0.05, 0.1) is 5.69 Å². The smallest absolute Gasteiger partial charge is 0.119 e. The Balaban J connectivity index is 1.61. The number of nitrogens with one attached hydrogen (secondary N) is 1. The molecule has 0 saturated heterocycles. The third-order valence-corrected chi connectivity index (χ3v) is 6.39. The quantitative estimate of drug-likeness (QED) is 0.204. The zero-order valence-corrected chi connectivity index (χ0v) is 21.2. The highest BCUT2D eigenvalue weighted by Crippen LogP contribution is 2.35. The van der Waals surface area contributed by atoms with Crippen LogP contribution in [0.15, 0.2) is 66.7 Å². The fourth-order valence-electron chi connectivity index (χ4n) is 4.49.